The highest BCUT2D eigenvalue weighted by Gasteiger charge is 2.21. The van der Waals surface area contributed by atoms with Crippen LogP contribution >= 0.6 is 0 Å². The minimum atomic E-state index is -1.17. The van der Waals surface area contributed by atoms with Gasteiger partial charge in [0.25, 0.3) is 0 Å². The Kier molecular flexibility index (Phi) is 5.44. The van der Waals surface area contributed by atoms with Gasteiger partial charge in [-0.3, -0.25) is 10.1 Å². The lowest BCUT2D eigenvalue weighted by atomic mass is 10.2. The van der Waals surface area contributed by atoms with Crippen molar-refractivity contribution in [1.29, 1.82) is 0 Å². The Morgan fingerprint density at radius 2 is 2.06 bits per heavy atom. The van der Waals surface area contributed by atoms with E-state index in [9.17, 15) is 18.9 Å². The molecule has 5 nitrogen and oxygen atoms in total. The van der Waals surface area contributed by atoms with E-state index in [1.807, 2.05) is 6.92 Å². The highest BCUT2D eigenvalue weighted by molar-refractivity contribution is 5.62. The van der Waals surface area contributed by atoms with Crippen LogP contribution < -0.4 is 10.6 Å². The topological polar surface area (TPSA) is 67.2 Å². The van der Waals surface area contributed by atoms with Crippen LogP contribution in [0.5, 0.6) is 0 Å². The largest absolute Gasteiger partial charge is 0.379 e. The second-order valence-electron chi connectivity index (χ2n) is 3.67. The van der Waals surface area contributed by atoms with Gasteiger partial charge < -0.3 is 10.6 Å². The number of benzene rings is 1. The van der Waals surface area contributed by atoms with E-state index in [0.29, 0.717) is 19.0 Å². The van der Waals surface area contributed by atoms with Crippen molar-refractivity contribution < 1.29 is 13.7 Å². The third-order valence-electron chi connectivity index (χ3n) is 2.31. The van der Waals surface area contributed by atoms with Crippen LogP contribution in [0.3, 0.4) is 0 Å². The summed E-state index contributed by atoms with van der Waals surface area (Å²) in [6.45, 7) is 3.92. The zero-order valence-electron chi connectivity index (χ0n) is 10.0. The molecule has 0 unspecified atom stereocenters. The van der Waals surface area contributed by atoms with Gasteiger partial charge in [-0.2, -0.15) is 4.39 Å². The fraction of sp³-hybridized carbons (Fsp3) is 0.455. The van der Waals surface area contributed by atoms with E-state index in [4.69, 9.17) is 0 Å². The van der Waals surface area contributed by atoms with E-state index in [-0.39, 0.29) is 5.69 Å². The summed E-state index contributed by atoms with van der Waals surface area (Å²) < 4.78 is 26.2. The molecule has 0 radical (unpaired) electrons. The van der Waals surface area contributed by atoms with Gasteiger partial charge in [-0.25, -0.2) is 4.39 Å². The van der Waals surface area contributed by atoms with E-state index in [0.717, 1.165) is 19.2 Å². The number of hydrogen-bond acceptors (Lipinski definition) is 4. The Hall–Kier alpha value is -1.76. The lowest BCUT2D eigenvalue weighted by Crippen LogP contribution is -2.17. The van der Waals surface area contributed by atoms with Crippen LogP contribution in [0.15, 0.2) is 12.1 Å². The molecule has 0 aliphatic carbocycles. The molecule has 0 fully saturated rings. The summed E-state index contributed by atoms with van der Waals surface area (Å²) in [6, 6.07) is 1.43. The molecule has 1 aromatic rings. The first-order valence-corrected chi connectivity index (χ1v) is 5.64. The Morgan fingerprint density at radius 3 is 2.67 bits per heavy atom. The van der Waals surface area contributed by atoms with Crippen molar-refractivity contribution in [2.45, 2.75) is 13.3 Å². The monoisotopic (exact) mass is 259 g/mol. The first-order chi connectivity index (χ1) is 8.56. The zero-order valence-corrected chi connectivity index (χ0v) is 10.0. The third-order valence-corrected chi connectivity index (χ3v) is 2.31. The molecule has 0 saturated carbocycles. The second-order valence-corrected chi connectivity index (χ2v) is 3.67. The van der Waals surface area contributed by atoms with Gasteiger partial charge in [-0.05, 0) is 19.5 Å². The molecule has 7 heteroatoms. The van der Waals surface area contributed by atoms with E-state index >= 15 is 0 Å². The summed E-state index contributed by atoms with van der Waals surface area (Å²) in [5, 5.41) is 16.4. The van der Waals surface area contributed by atoms with Crippen LogP contribution in [0.4, 0.5) is 20.2 Å². The average Bonchev–Trinajstić information content (AvgIpc) is 2.27. The normalized spacial score (nSPS) is 10.4. The van der Waals surface area contributed by atoms with Crippen molar-refractivity contribution >= 4 is 11.4 Å². The molecule has 0 saturated heterocycles. The molecule has 18 heavy (non-hydrogen) atoms. The Labute approximate surface area is 103 Å². The predicted octanol–water partition coefficient (Wildman–Crippen LogP) is 2.28. The maximum absolute atomic E-state index is 13.3. The van der Waals surface area contributed by atoms with E-state index < -0.39 is 22.2 Å². The van der Waals surface area contributed by atoms with Crippen LogP contribution in [0.2, 0.25) is 0 Å². The molecule has 0 aliphatic heterocycles. The fourth-order valence-electron chi connectivity index (χ4n) is 1.50. The number of anilines is 1. The molecule has 0 aliphatic rings. The molecule has 2 N–H and O–H groups in total. The maximum atomic E-state index is 13.3. The van der Waals surface area contributed by atoms with Crippen molar-refractivity contribution in [2.24, 2.45) is 0 Å². The van der Waals surface area contributed by atoms with Gasteiger partial charge in [0.1, 0.15) is 11.5 Å². The van der Waals surface area contributed by atoms with Gasteiger partial charge in [-0.1, -0.05) is 6.92 Å². The number of nitrogens with one attached hydrogen (secondary N) is 2. The zero-order chi connectivity index (χ0) is 13.5. The molecular weight excluding hydrogens is 244 g/mol. The number of rotatable bonds is 7. The highest BCUT2D eigenvalue weighted by atomic mass is 19.1. The average molecular weight is 259 g/mol. The predicted molar refractivity (Wildman–Crippen MR) is 64.7 cm³/mol. The summed E-state index contributed by atoms with van der Waals surface area (Å²) in [5.74, 6) is -2.01. The van der Waals surface area contributed by atoms with E-state index in [1.54, 1.807) is 0 Å². The molecule has 1 aromatic carbocycles. The van der Waals surface area contributed by atoms with Crippen molar-refractivity contribution in [2.75, 3.05) is 25.0 Å². The molecule has 1 rings (SSSR count). The number of halogens is 2. The summed E-state index contributed by atoms with van der Waals surface area (Å²) in [6.07, 6.45) is 0.698. The van der Waals surface area contributed by atoms with Crippen molar-refractivity contribution in [1.82, 2.24) is 5.32 Å². The SMILES string of the molecule is CCNCCCNc1cc(F)cc(F)c1[N+](=O)[O-]. The molecular formula is C11H15F2N3O2. The molecule has 0 spiro atoms. The molecule has 0 bridgehead atoms. The Bertz CT molecular complexity index is 427. The quantitative estimate of drug-likeness (QED) is 0.448. The van der Waals surface area contributed by atoms with Gasteiger partial charge in [0.15, 0.2) is 0 Å². The van der Waals surface area contributed by atoms with Crippen LogP contribution in [-0.4, -0.2) is 24.6 Å². The van der Waals surface area contributed by atoms with Crippen LogP contribution in [-0.2, 0) is 0 Å². The Morgan fingerprint density at radius 1 is 1.33 bits per heavy atom. The third kappa shape index (κ3) is 3.92. The standard InChI is InChI=1S/C11H15F2N3O2/c1-2-14-4-3-5-15-10-7-8(12)6-9(13)11(10)16(17)18/h6-7,14-15H,2-5H2,1H3. The van der Waals surface area contributed by atoms with Gasteiger partial charge >= 0.3 is 5.69 Å². The molecule has 0 amide bonds. The first kappa shape index (κ1) is 14.3. The van der Waals surface area contributed by atoms with Crippen molar-refractivity contribution in [3.63, 3.8) is 0 Å². The minimum Gasteiger partial charge on any atom is -0.379 e. The van der Waals surface area contributed by atoms with Crippen LogP contribution in [0.25, 0.3) is 0 Å². The number of nitrogens with zero attached hydrogens (tertiary/aromatic N) is 1. The number of nitro benzene ring substituents is 1. The Balaban J connectivity index is 2.71. The molecule has 0 heterocycles. The molecule has 0 atom stereocenters. The summed E-state index contributed by atoms with van der Waals surface area (Å²) in [7, 11) is 0. The lowest BCUT2D eigenvalue weighted by Gasteiger charge is -2.08. The summed E-state index contributed by atoms with van der Waals surface area (Å²) >= 11 is 0. The molecule has 100 valence electrons. The minimum absolute atomic E-state index is 0.131. The van der Waals surface area contributed by atoms with Crippen LogP contribution in [0.1, 0.15) is 13.3 Å². The van der Waals surface area contributed by atoms with Gasteiger partial charge in [-0.15, -0.1) is 0 Å². The van der Waals surface area contributed by atoms with Gasteiger partial charge in [0, 0.05) is 18.7 Å². The second kappa shape index (κ2) is 6.85. The summed E-state index contributed by atoms with van der Waals surface area (Å²) in [5.41, 5.74) is -0.853. The van der Waals surface area contributed by atoms with Gasteiger partial charge in [0.05, 0.1) is 4.92 Å². The summed E-state index contributed by atoms with van der Waals surface area (Å²) in [4.78, 5) is 9.82. The highest BCUT2D eigenvalue weighted by Crippen LogP contribution is 2.28. The van der Waals surface area contributed by atoms with Crippen molar-refractivity contribution in [3.05, 3.63) is 33.9 Å². The van der Waals surface area contributed by atoms with Crippen molar-refractivity contribution in [3.8, 4) is 0 Å². The van der Waals surface area contributed by atoms with E-state index in [1.165, 1.54) is 0 Å². The number of nitro groups is 1. The van der Waals surface area contributed by atoms with Gasteiger partial charge in [0.2, 0.25) is 5.82 Å². The first-order valence-electron chi connectivity index (χ1n) is 5.64. The number of hydrogen-bond donors (Lipinski definition) is 2. The van der Waals surface area contributed by atoms with E-state index in [2.05, 4.69) is 10.6 Å². The smallest absolute Gasteiger partial charge is 0.327 e. The van der Waals surface area contributed by atoms with Crippen LogP contribution in [0, 0.1) is 21.7 Å². The maximum Gasteiger partial charge on any atom is 0.327 e. The molecule has 0 aromatic heterocycles. The fourth-order valence-corrected chi connectivity index (χ4v) is 1.50. The lowest BCUT2D eigenvalue weighted by molar-refractivity contribution is -0.386.